The van der Waals surface area contributed by atoms with Crippen molar-refractivity contribution in [1.29, 1.82) is 0 Å². The van der Waals surface area contributed by atoms with Gasteiger partial charge >= 0.3 is 0 Å². The summed E-state index contributed by atoms with van der Waals surface area (Å²) in [7, 11) is 0. The monoisotopic (exact) mass is 231 g/mol. The van der Waals surface area contributed by atoms with Gasteiger partial charge < -0.3 is 5.32 Å². The van der Waals surface area contributed by atoms with E-state index in [4.69, 9.17) is 0 Å². The minimum atomic E-state index is 0.135. The number of nitrogens with one attached hydrogen (secondary N) is 1. The average molecular weight is 231 g/mol. The quantitative estimate of drug-likeness (QED) is 0.817. The lowest BCUT2D eigenvalue weighted by atomic mass is 10.2. The zero-order chi connectivity index (χ0) is 11.4. The minimum absolute atomic E-state index is 0.135. The molecule has 1 N–H and O–H groups in total. The van der Waals surface area contributed by atoms with E-state index in [1.54, 1.807) is 0 Å². The number of anilines is 1. The maximum atomic E-state index is 11.7. The van der Waals surface area contributed by atoms with Crippen molar-refractivity contribution < 1.29 is 4.79 Å². The van der Waals surface area contributed by atoms with Gasteiger partial charge in [0, 0.05) is 5.69 Å². The predicted octanol–water partition coefficient (Wildman–Crippen LogP) is 3.35. The molecule has 1 aromatic carbocycles. The lowest BCUT2D eigenvalue weighted by molar-refractivity contribution is 0.101. The van der Waals surface area contributed by atoms with Gasteiger partial charge in [0.15, 0.2) is 5.78 Å². The van der Waals surface area contributed by atoms with Gasteiger partial charge in [-0.15, -0.1) is 11.3 Å². The highest BCUT2D eigenvalue weighted by Crippen LogP contribution is 2.11. The molecule has 1 aromatic heterocycles. The topological polar surface area (TPSA) is 29.1 Å². The number of carbonyl (C=O) groups excluding carboxylic acids is 1. The van der Waals surface area contributed by atoms with Crippen molar-refractivity contribution in [2.75, 3.05) is 11.9 Å². The van der Waals surface area contributed by atoms with E-state index in [1.165, 1.54) is 16.9 Å². The van der Waals surface area contributed by atoms with Crippen molar-refractivity contribution in [2.24, 2.45) is 0 Å². The molecule has 0 amide bonds. The first kappa shape index (κ1) is 10.9. The van der Waals surface area contributed by atoms with E-state index in [-0.39, 0.29) is 5.78 Å². The molecule has 16 heavy (non-hydrogen) atoms. The van der Waals surface area contributed by atoms with Gasteiger partial charge in [-0.05, 0) is 30.5 Å². The highest BCUT2D eigenvalue weighted by atomic mass is 32.1. The van der Waals surface area contributed by atoms with Crippen LogP contribution in [0.1, 0.15) is 15.2 Å². The number of hydrogen-bond donors (Lipinski definition) is 1. The molecule has 0 saturated heterocycles. The Kier molecular flexibility index (Phi) is 3.37. The van der Waals surface area contributed by atoms with Crippen molar-refractivity contribution in [3.05, 3.63) is 52.2 Å². The van der Waals surface area contributed by atoms with Crippen LogP contribution in [-0.4, -0.2) is 12.3 Å². The molecule has 0 aliphatic rings. The van der Waals surface area contributed by atoms with Crippen LogP contribution in [0.5, 0.6) is 0 Å². The molecule has 2 aromatic rings. The zero-order valence-corrected chi connectivity index (χ0v) is 9.88. The van der Waals surface area contributed by atoms with Crippen LogP contribution < -0.4 is 5.32 Å². The van der Waals surface area contributed by atoms with Gasteiger partial charge in [0.1, 0.15) is 0 Å². The molecule has 2 nitrogen and oxygen atoms in total. The molecule has 0 radical (unpaired) electrons. The van der Waals surface area contributed by atoms with Crippen molar-refractivity contribution in [3.8, 4) is 0 Å². The number of hydrogen-bond acceptors (Lipinski definition) is 3. The number of aryl methyl sites for hydroxylation is 1. The van der Waals surface area contributed by atoms with E-state index in [2.05, 4.69) is 5.32 Å². The molecule has 3 heteroatoms. The van der Waals surface area contributed by atoms with E-state index in [0.29, 0.717) is 6.54 Å². The maximum absolute atomic E-state index is 11.7. The highest BCUT2D eigenvalue weighted by molar-refractivity contribution is 7.12. The zero-order valence-electron chi connectivity index (χ0n) is 9.07. The van der Waals surface area contributed by atoms with Gasteiger partial charge in [0.05, 0.1) is 11.4 Å². The Morgan fingerprint density at radius 2 is 2.00 bits per heavy atom. The second-order valence-corrected chi connectivity index (χ2v) is 4.57. The molecular formula is C13H13NOS. The van der Waals surface area contributed by atoms with E-state index >= 15 is 0 Å². The summed E-state index contributed by atoms with van der Waals surface area (Å²) in [5.74, 6) is 0.135. The molecule has 0 aliphatic carbocycles. The standard InChI is InChI=1S/C13H13NOS/c1-10-4-6-11(7-5-10)14-9-12(15)13-3-2-8-16-13/h2-8,14H,9H2,1H3. The number of carbonyl (C=O) groups is 1. The molecule has 0 atom stereocenters. The van der Waals surface area contributed by atoms with E-state index in [9.17, 15) is 4.79 Å². The summed E-state index contributed by atoms with van der Waals surface area (Å²) < 4.78 is 0. The smallest absolute Gasteiger partial charge is 0.191 e. The number of benzene rings is 1. The van der Waals surface area contributed by atoms with Gasteiger partial charge in [0.25, 0.3) is 0 Å². The second kappa shape index (κ2) is 4.94. The third-order valence-electron chi connectivity index (χ3n) is 2.30. The lowest BCUT2D eigenvalue weighted by Crippen LogP contribution is -2.12. The van der Waals surface area contributed by atoms with Crippen LogP contribution in [0.25, 0.3) is 0 Å². The molecule has 2 rings (SSSR count). The van der Waals surface area contributed by atoms with Crippen molar-refractivity contribution in [1.82, 2.24) is 0 Å². The Balaban J connectivity index is 1.93. The molecule has 0 aliphatic heterocycles. The van der Waals surface area contributed by atoms with E-state index < -0.39 is 0 Å². The number of thiophene rings is 1. The van der Waals surface area contributed by atoms with Gasteiger partial charge in [-0.25, -0.2) is 0 Å². The van der Waals surface area contributed by atoms with Crippen molar-refractivity contribution >= 4 is 22.8 Å². The maximum Gasteiger partial charge on any atom is 0.191 e. The molecular weight excluding hydrogens is 218 g/mol. The molecule has 0 saturated carbocycles. The summed E-state index contributed by atoms with van der Waals surface area (Å²) in [6.07, 6.45) is 0. The van der Waals surface area contributed by atoms with Crippen LogP contribution in [0.4, 0.5) is 5.69 Å². The first-order valence-electron chi connectivity index (χ1n) is 5.13. The van der Waals surface area contributed by atoms with Crippen molar-refractivity contribution in [2.45, 2.75) is 6.92 Å². The first-order chi connectivity index (χ1) is 7.75. The summed E-state index contributed by atoms with van der Waals surface area (Å²) in [4.78, 5) is 12.5. The Bertz CT molecular complexity index is 459. The molecule has 0 unspecified atom stereocenters. The van der Waals surface area contributed by atoms with Gasteiger partial charge in [-0.1, -0.05) is 23.8 Å². The Labute approximate surface area is 98.9 Å². The van der Waals surface area contributed by atoms with Gasteiger partial charge in [0.2, 0.25) is 0 Å². The Morgan fingerprint density at radius 1 is 1.25 bits per heavy atom. The van der Waals surface area contributed by atoms with E-state index in [1.807, 2.05) is 48.7 Å². The summed E-state index contributed by atoms with van der Waals surface area (Å²) in [5, 5.41) is 5.03. The first-order valence-corrected chi connectivity index (χ1v) is 6.01. The second-order valence-electron chi connectivity index (χ2n) is 3.62. The summed E-state index contributed by atoms with van der Waals surface area (Å²) in [5.41, 5.74) is 2.20. The van der Waals surface area contributed by atoms with E-state index in [0.717, 1.165) is 10.6 Å². The molecule has 0 spiro atoms. The van der Waals surface area contributed by atoms with Crippen LogP contribution in [0.3, 0.4) is 0 Å². The highest BCUT2D eigenvalue weighted by Gasteiger charge is 2.05. The number of ketones is 1. The van der Waals surface area contributed by atoms with Crippen LogP contribution in [0.2, 0.25) is 0 Å². The van der Waals surface area contributed by atoms with Gasteiger partial charge in [-0.3, -0.25) is 4.79 Å². The molecule has 1 heterocycles. The summed E-state index contributed by atoms with van der Waals surface area (Å²) in [6, 6.07) is 11.8. The molecule has 0 fully saturated rings. The van der Waals surface area contributed by atoms with Crippen LogP contribution >= 0.6 is 11.3 Å². The molecule has 82 valence electrons. The summed E-state index contributed by atoms with van der Waals surface area (Å²) >= 11 is 1.48. The molecule has 0 bridgehead atoms. The van der Waals surface area contributed by atoms with Crippen molar-refractivity contribution in [3.63, 3.8) is 0 Å². The number of Topliss-reactive ketones (excluding diaryl/α,β-unsaturated/α-hetero) is 1. The SMILES string of the molecule is Cc1ccc(NCC(=O)c2cccs2)cc1. The normalized spacial score (nSPS) is 10.1. The van der Waals surface area contributed by atoms with Crippen LogP contribution in [-0.2, 0) is 0 Å². The van der Waals surface area contributed by atoms with Crippen LogP contribution in [0, 0.1) is 6.92 Å². The predicted molar refractivity (Wildman–Crippen MR) is 68.3 cm³/mol. The fourth-order valence-electron chi connectivity index (χ4n) is 1.38. The third kappa shape index (κ3) is 2.70. The van der Waals surface area contributed by atoms with Gasteiger partial charge in [-0.2, -0.15) is 0 Å². The fourth-order valence-corrected chi connectivity index (χ4v) is 2.04. The number of rotatable bonds is 4. The lowest BCUT2D eigenvalue weighted by Gasteiger charge is -2.04. The third-order valence-corrected chi connectivity index (χ3v) is 3.21. The van der Waals surface area contributed by atoms with Crippen LogP contribution in [0.15, 0.2) is 41.8 Å². The average Bonchev–Trinajstić information content (AvgIpc) is 2.81. The Hall–Kier alpha value is -1.61. The minimum Gasteiger partial charge on any atom is -0.378 e. The fraction of sp³-hybridized carbons (Fsp3) is 0.154. The summed E-state index contributed by atoms with van der Waals surface area (Å²) in [6.45, 7) is 2.39. The Morgan fingerprint density at radius 3 is 2.62 bits per heavy atom. The largest absolute Gasteiger partial charge is 0.378 e.